The lowest BCUT2D eigenvalue weighted by molar-refractivity contribution is 0.0651. The van der Waals surface area contributed by atoms with Crippen molar-refractivity contribution in [3.05, 3.63) is 65.7 Å². The smallest absolute Gasteiger partial charge is 0.290 e. The molecule has 150 valence electrons. The van der Waals surface area contributed by atoms with E-state index in [9.17, 15) is 9.59 Å². The third kappa shape index (κ3) is 3.73. The standard InChI is InChI=1S/C22H25N5O2/c1-3-16-8-4-5-9-17(16)23-21(28)19-18-10-6-7-11-27(18)20(24-19)22(29)26-14-12-25(2)13-15-26/h4-11H,3,12-15H2,1-2H3,(H,23,28). The fourth-order valence-corrected chi connectivity index (χ4v) is 3.64. The zero-order valence-electron chi connectivity index (χ0n) is 16.8. The van der Waals surface area contributed by atoms with Crippen molar-refractivity contribution in [3.8, 4) is 0 Å². The van der Waals surface area contributed by atoms with Gasteiger partial charge in [-0.15, -0.1) is 0 Å². The van der Waals surface area contributed by atoms with Crippen LogP contribution in [0.5, 0.6) is 0 Å². The van der Waals surface area contributed by atoms with Crippen molar-refractivity contribution in [2.24, 2.45) is 0 Å². The number of hydrogen-bond donors (Lipinski definition) is 1. The zero-order chi connectivity index (χ0) is 20.4. The number of nitrogens with zero attached hydrogens (tertiary/aromatic N) is 4. The number of aromatic nitrogens is 2. The number of imidazole rings is 1. The second kappa shape index (κ2) is 8.05. The van der Waals surface area contributed by atoms with E-state index in [1.54, 1.807) is 15.5 Å². The van der Waals surface area contributed by atoms with Crippen molar-refractivity contribution in [1.82, 2.24) is 19.2 Å². The number of carbonyl (C=O) groups is 2. The van der Waals surface area contributed by atoms with Crippen LogP contribution in [0.15, 0.2) is 48.7 Å². The molecule has 1 fully saturated rings. The molecule has 7 nitrogen and oxygen atoms in total. The molecule has 0 saturated carbocycles. The van der Waals surface area contributed by atoms with Gasteiger partial charge in [-0.1, -0.05) is 31.2 Å². The van der Waals surface area contributed by atoms with Gasteiger partial charge in [0.05, 0.1) is 5.52 Å². The SMILES string of the molecule is CCc1ccccc1NC(=O)c1nc(C(=O)N2CCN(C)CC2)n2ccccc12. The van der Waals surface area contributed by atoms with Crippen LogP contribution >= 0.6 is 0 Å². The van der Waals surface area contributed by atoms with E-state index in [0.29, 0.717) is 18.6 Å². The molecule has 0 radical (unpaired) electrons. The first-order chi connectivity index (χ1) is 14.1. The summed E-state index contributed by atoms with van der Waals surface area (Å²) in [5.41, 5.74) is 2.70. The molecule has 7 heteroatoms. The Morgan fingerprint density at radius 1 is 1.03 bits per heavy atom. The number of rotatable bonds is 4. The first-order valence-electron chi connectivity index (χ1n) is 9.92. The molecule has 0 aliphatic carbocycles. The third-order valence-electron chi connectivity index (χ3n) is 5.39. The van der Waals surface area contributed by atoms with Crippen LogP contribution in [0, 0.1) is 0 Å². The van der Waals surface area contributed by atoms with Crippen molar-refractivity contribution >= 4 is 23.0 Å². The Morgan fingerprint density at radius 2 is 1.76 bits per heavy atom. The van der Waals surface area contributed by atoms with Gasteiger partial charge in [-0.05, 0) is 37.2 Å². The van der Waals surface area contributed by atoms with Gasteiger partial charge < -0.3 is 15.1 Å². The molecule has 0 spiro atoms. The van der Waals surface area contributed by atoms with Gasteiger partial charge in [0.15, 0.2) is 5.69 Å². The molecule has 2 aromatic heterocycles. The molecular formula is C22H25N5O2. The van der Waals surface area contributed by atoms with E-state index < -0.39 is 0 Å². The van der Waals surface area contributed by atoms with Crippen molar-refractivity contribution in [3.63, 3.8) is 0 Å². The second-order valence-electron chi connectivity index (χ2n) is 7.30. The summed E-state index contributed by atoms with van der Waals surface area (Å²) in [5.74, 6) is -0.182. The molecule has 2 amide bonds. The topological polar surface area (TPSA) is 70.0 Å². The predicted octanol–water partition coefficient (Wildman–Crippen LogP) is 2.54. The van der Waals surface area contributed by atoms with Gasteiger partial charge in [-0.25, -0.2) is 4.98 Å². The molecule has 0 atom stereocenters. The van der Waals surface area contributed by atoms with E-state index in [1.807, 2.05) is 56.4 Å². The normalized spacial score (nSPS) is 14.9. The van der Waals surface area contributed by atoms with Crippen molar-refractivity contribution in [2.75, 3.05) is 38.5 Å². The Bertz CT molecular complexity index is 1050. The number of para-hydroxylation sites is 1. The second-order valence-corrected chi connectivity index (χ2v) is 7.30. The number of nitrogens with one attached hydrogen (secondary N) is 1. The molecule has 0 bridgehead atoms. The molecule has 0 unspecified atom stereocenters. The van der Waals surface area contributed by atoms with Crippen LogP contribution in [0.1, 0.15) is 33.6 Å². The molecule has 1 aliphatic heterocycles. The summed E-state index contributed by atoms with van der Waals surface area (Å²) in [4.78, 5) is 34.6. The fourth-order valence-electron chi connectivity index (χ4n) is 3.64. The summed E-state index contributed by atoms with van der Waals surface area (Å²) in [6, 6.07) is 13.2. The Kier molecular flexibility index (Phi) is 5.31. The Hall–Kier alpha value is -3.19. The number of pyridine rings is 1. The van der Waals surface area contributed by atoms with E-state index in [0.717, 1.165) is 30.8 Å². The molecule has 3 heterocycles. The van der Waals surface area contributed by atoms with Crippen LogP contribution < -0.4 is 5.32 Å². The molecule has 3 aromatic rings. The Morgan fingerprint density at radius 3 is 2.52 bits per heavy atom. The number of anilines is 1. The number of aryl methyl sites for hydroxylation is 1. The molecule has 1 N–H and O–H groups in total. The van der Waals surface area contributed by atoms with Crippen LogP contribution in [0.3, 0.4) is 0 Å². The van der Waals surface area contributed by atoms with Crippen molar-refractivity contribution in [2.45, 2.75) is 13.3 Å². The highest BCUT2D eigenvalue weighted by molar-refractivity contribution is 6.09. The van der Waals surface area contributed by atoms with Crippen LogP contribution in [0.4, 0.5) is 5.69 Å². The summed E-state index contributed by atoms with van der Waals surface area (Å²) in [6.45, 7) is 5.02. The maximum Gasteiger partial charge on any atom is 0.290 e. The average Bonchev–Trinajstić information content (AvgIpc) is 3.14. The highest BCUT2D eigenvalue weighted by Crippen LogP contribution is 2.20. The molecule has 1 saturated heterocycles. The lowest BCUT2D eigenvalue weighted by Gasteiger charge is -2.31. The highest BCUT2D eigenvalue weighted by atomic mass is 16.2. The van der Waals surface area contributed by atoms with Gasteiger partial charge in [0.1, 0.15) is 0 Å². The largest absolute Gasteiger partial charge is 0.333 e. The van der Waals surface area contributed by atoms with Gasteiger partial charge >= 0.3 is 0 Å². The average molecular weight is 391 g/mol. The van der Waals surface area contributed by atoms with E-state index in [4.69, 9.17) is 0 Å². The van der Waals surface area contributed by atoms with E-state index in [2.05, 4.69) is 15.2 Å². The monoisotopic (exact) mass is 391 g/mol. The summed E-state index contributed by atoms with van der Waals surface area (Å²) < 4.78 is 1.71. The lowest BCUT2D eigenvalue weighted by atomic mass is 10.1. The maximum absolute atomic E-state index is 13.1. The Balaban J connectivity index is 1.67. The number of carbonyl (C=O) groups excluding carboxylic acids is 2. The van der Waals surface area contributed by atoms with E-state index in [-0.39, 0.29) is 23.3 Å². The molecule has 1 aromatic carbocycles. The Labute approximate surface area is 169 Å². The van der Waals surface area contributed by atoms with E-state index in [1.165, 1.54) is 0 Å². The van der Waals surface area contributed by atoms with Gasteiger partial charge in [0.2, 0.25) is 5.82 Å². The lowest BCUT2D eigenvalue weighted by Crippen LogP contribution is -2.47. The number of likely N-dealkylation sites (N-methyl/N-ethyl adjacent to an activating group) is 1. The summed E-state index contributed by atoms with van der Waals surface area (Å²) in [7, 11) is 2.04. The number of fused-ring (bicyclic) bond motifs is 1. The number of piperazine rings is 1. The summed E-state index contributed by atoms with van der Waals surface area (Å²) in [6.07, 6.45) is 2.59. The molecule has 1 aliphatic rings. The van der Waals surface area contributed by atoms with Gasteiger partial charge in [0, 0.05) is 38.1 Å². The molecule has 4 rings (SSSR count). The minimum atomic E-state index is -0.313. The first-order valence-corrected chi connectivity index (χ1v) is 9.92. The van der Waals surface area contributed by atoms with Crippen LogP contribution in [-0.2, 0) is 6.42 Å². The van der Waals surface area contributed by atoms with Crippen molar-refractivity contribution in [1.29, 1.82) is 0 Å². The van der Waals surface area contributed by atoms with Gasteiger partial charge in [-0.3, -0.25) is 14.0 Å². The zero-order valence-corrected chi connectivity index (χ0v) is 16.8. The maximum atomic E-state index is 13.1. The first kappa shape index (κ1) is 19.1. The third-order valence-corrected chi connectivity index (χ3v) is 5.39. The predicted molar refractivity (Wildman–Crippen MR) is 112 cm³/mol. The van der Waals surface area contributed by atoms with Crippen LogP contribution in [-0.4, -0.2) is 64.2 Å². The number of benzene rings is 1. The minimum Gasteiger partial charge on any atom is -0.333 e. The van der Waals surface area contributed by atoms with Gasteiger partial charge in [0.25, 0.3) is 11.8 Å². The minimum absolute atomic E-state index is 0.146. The molecule has 29 heavy (non-hydrogen) atoms. The van der Waals surface area contributed by atoms with Gasteiger partial charge in [-0.2, -0.15) is 0 Å². The van der Waals surface area contributed by atoms with Crippen molar-refractivity contribution < 1.29 is 9.59 Å². The summed E-state index contributed by atoms with van der Waals surface area (Å²) in [5, 5.41) is 2.96. The van der Waals surface area contributed by atoms with Crippen LogP contribution in [0.2, 0.25) is 0 Å². The summed E-state index contributed by atoms with van der Waals surface area (Å²) >= 11 is 0. The highest BCUT2D eigenvalue weighted by Gasteiger charge is 2.27. The van der Waals surface area contributed by atoms with Crippen LogP contribution in [0.25, 0.3) is 5.52 Å². The number of hydrogen-bond acceptors (Lipinski definition) is 4. The molecular weight excluding hydrogens is 366 g/mol. The fraction of sp³-hybridized carbons (Fsp3) is 0.318. The number of amides is 2. The van der Waals surface area contributed by atoms with E-state index >= 15 is 0 Å². The quantitative estimate of drug-likeness (QED) is 0.742.